The maximum atomic E-state index is 12.4. The average molecular weight is 444 g/mol. The molecule has 0 saturated heterocycles. The van der Waals surface area contributed by atoms with Gasteiger partial charge in [-0.15, -0.1) is 0 Å². The molecule has 0 fully saturated rings. The molecule has 2 aromatic carbocycles. The fourth-order valence-corrected chi connectivity index (χ4v) is 2.85. The van der Waals surface area contributed by atoms with Crippen LogP contribution < -0.4 is 25.0 Å². The second-order valence-corrected chi connectivity index (χ2v) is 6.66. The molecule has 11 heteroatoms. The van der Waals surface area contributed by atoms with Crippen molar-refractivity contribution in [2.24, 2.45) is 5.10 Å². The second kappa shape index (κ2) is 10.8. The lowest BCUT2D eigenvalue weighted by Gasteiger charge is -2.11. The summed E-state index contributed by atoms with van der Waals surface area (Å²) in [7, 11) is 4.33. The summed E-state index contributed by atoms with van der Waals surface area (Å²) in [4.78, 5) is 35.6. The third kappa shape index (κ3) is 5.94. The Kier molecular flexibility index (Phi) is 8.11. The van der Waals surface area contributed by atoms with Gasteiger partial charge in [-0.3, -0.25) is 19.7 Å². The monoisotopic (exact) mass is 444 g/mol. The standard InChI is InChI=1S/C21H24N4O7/c1-12(23-24-21(27)14-9-15(30-3)11-16(10-14)31-4)8-19(26)22-17-6-7-18(32-5)13(2)20(17)25(28)29/h6-7,9-11H,8H2,1-5H3,(H,22,26)(H,24,27). The first kappa shape index (κ1) is 24.1. The lowest BCUT2D eigenvalue weighted by atomic mass is 10.1. The molecule has 0 bridgehead atoms. The molecule has 170 valence electrons. The van der Waals surface area contributed by atoms with Crippen molar-refractivity contribution in [1.29, 1.82) is 0 Å². The Hall–Kier alpha value is -4.15. The number of methoxy groups -OCH3 is 3. The highest BCUT2D eigenvalue weighted by Crippen LogP contribution is 2.34. The van der Waals surface area contributed by atoms with E-state index in [1.807, 2.05) is 0 Å². The van der Waals surface area contributed by atoms with Crippen molar-refractivity contribution in [3.05, 3.63) is 51.6 Å². The van der Waals surface area contributed by atoms with Gasteiger partial charge in [0.15, 0.2) is 0 Å². The zero-order valence-corrected chi connectivity index (χ0v) is 18.3. The summed E-state index contributed by atoms with van der Waals surface area (Å²) in [6, 6.07) is 7.57. The molecule has 0 unspecified atom stereocenters. The number of amides is 2. The van der Waals surface area contributed by atoms with Crippen LogP contribution in [0.2, 0.25) is 0 Å². The third-order valence-electron chi connectivity index (χ3n) is 4.44. The summed E-state index contributed by atoms with van der Waals surface area (Å²) >= 11 is 0. The maximum Gasteiger partial charge on any atom is 0.299 e. The van der Waals surface area contributed by atoms with Gasteiger partial charge in [0, 0.05) is 17.3 Å². The zero-order chi connectivity index (χ0) is 23.8. The summed E-state index contributed by atoms with van der Waals surface area (Å²) in [6.45, 7) is 3.07. The van der Waals surface area contributed by atoms with Crippen LogP contribution in [0.25, 0.3) is 0 Å². The number of hydrogen-bond acceptors (Lipinski definition) is 8. The fraction of sp³-hybridized carbons (Fsp3) is 0.286. The first-order valence-electron chi connectivity index (χ1n) is 9.38. The van der Waals surface area contributed by atoms with E-state index in [4.69, 9.17) is 14.2 Å². The van der Waals surface area contributed by atoms with Gasteiger partial charge in [0.05, 0.1) is 38.2 Å². The highest BCUT2D eigenvalue weighted by molar-refractivity contribution is 6.07. The van der Waals surface area contributed by atoms with Crippen LogP contribution in [-0.2, 0) is 4.79 Å². The summed E-state index contributed by atoms with van der Waals surface area (Å²) in [5.41, 5.74) is 2.98. The number of carbonyl (C=O) groups is 2. The number of carbonyl (C=O) groups excluding carboxylic acids is 2. The molecule has 2 aromatic rings. The molecule has 0 atom stereocenters. The smallest absolute Gasteiger partial charge is 0.299 e. The van der Waals surface area contributed by atoms with Gasteiger partial charge in [-0.2, -0.15) is 5.10 Å². The minimum Gasteiger partial charge on any atom is -0.497 e. The molecule has 2 rings (SSSR count). The van der Waals surface area contributed by atoms with Crippen molar-refractivity contribution in [2.75, 3.05) is 26.6 Å². The van der Waals surface area contributed by atoms with Crippen molar-refractivity contribution in [1.82, 2.24) is 5.43 Å². The highest BCUT2D eigenvalue weighted by atomic mass is 16.6. The van der Waals surface area contributed by atoms with Crippen LogP contribution in [0.4, 0.5) is 11.4 Å². The fourth-order valence-electron chi connectivity index (χ4n) is 2.85. The highest BCUT2D eigenvalue weighted by Gasteiger charge is 2.22. The minimum atomic E-state index is -0.586. The molecule has 0 spiro atoms. The predicted molar refractivity (Wildman–Crippen MR) is 118 cm³/mol. The molecule has 0 aromatic heterocycles. The van der Waals surface area contributed by atoms with Crippen LogP contribution in [0, 0.1) is 17.0 Å². The number of rotatable bonds is 9. The van der Waals surface area contributed by atoms with Crippen molar-refractivity contribution in [3.63, 3.8) is 0 Å². The van der Waals surface area contributed by atoms with Gasteiger partial charge in [-0.25, -0.2) is 5.43 Å². The van der Waals surface area contributed by atoms with E-state index in [9.17, 15) is 19.7 Å². The third-order valence-corrected chi connectivity index (χ3v) is 4.44. The van der Waals surface area contributed by atoms with Gasteiger partial charge in [0.25, 0.3) is 11.6 Å². The zero-order valence-electron chi connectivity index (χ0n) is 18.3. The Balaban J connectivity index is 2.08. The second-order valence-electron chi connectivity index (χ2n) is 6.66. The number of nitro groups is 1. The van der Waals surface area contributed by atoms with Crippen LogP contribution in [0.1, 0.15) is 29.3 Å². The number of nitro benzene ring substituents is 1. The van der Waals surface area contributed by atoms with Gasteiger partial charge in [0.2, 0.25) is 5.91 Å². The molecule has 0 aliphatic rings. The number of hydrogen-bond donors (Lipinski definition) is 2. The first-order chi connectivity index (χ1) is 15.2. The van der Waals surface area contributed by atoms with Crippen LogP contribution in [-0.4, -0.2) is 43.8 Å². The van der Waals surface area contributed by atoms with E-state index in [-0.39, 0.29) is 23.4 Å². The van der Waals surface area contributed by atoms with Crippen LogP contribution in [0.3, 0.4) is 0 Å². The summed E-state index contributed by atoms with van der Waals surface area (Å²) in [5.74, 6) is 0.154. The number of ether oxygens (including phenoxy) is 3. The van der Waals surface area contributed by atoms with Crippen LogP contribution >= 0.6 is 0 Å². The topological polar surface area (TPSA) is 141 Å². The van der Waals surface area contributed by atoms with Crippen molar-refractivity contribution >= 4 is 28.9 Å². The number of benzene rings is 2. The predicted octanol–water partition coefficient (Wildman–Crippen LogP) is 3.06. The Labute approximate surface area is 184 Å². The van der Waals surface area contributed by atoms with E-state index in [1.54, 1.807) is 13.0 Å². The van der Waals surface area contributed by atoms with E-state index >= 15 is 0 Å². The summed E-state index contributed by atoms with van der Waals surface area (Å²) < 4.78 is 15.3. The quantitative estimate of drug-likeness (QED) is 0.344. The molecule has 32 heavy (non-hydrogen) atoms. The minimum absolute atomic E-state index is 0.0404. The molecular formula is C21H24N4O7. The maximum absolute atomic E-state index is 12.4. The van der Waals surface area contributed by atoms with Crippen molar-refractivity contribution in [2.45, 2.75) is 20.3 Å². The summed E-state index contributed by atoms with van der Waals surface area (Å²) in [6.07, 6.45) is -0.191. The number of nitrogens with one attached hydrogen (secondary N) is 2. The Morgan fingerprint density at radius 1 is 1.06 bits per heavy atom. The number of anilines is 1. The van der Waals surface area contributed by atoms with E-state index in [0.717, 1.165) is 0 Å². The van der Waals surface area contributed by atoms with Gasteiger partial charge in [0.1, 0.15) is 22.9 Å². The van der Waals surface area contributed by atoms with Gasteiger partial charge >= 0.3 is 0 Å². The Bertz CT molecular complexity index is 1040. The van der Waals surface area contributed by atoms with Crippen molar-refractivity contribution < 1.29 is 28.7 Å². The molecule has 0 aliphatic carbocycles. The lowest BCUT2D eigenvalue weighted by molar-refractivity contribution is -0.384. The van der Waals surface area contributed by atoms with Crippen LogP contribution in [0.5, 0.6) is 17.2 Å². The molecule has 2 N–H and O–H groups in total. The molecule has 0 aliphatic heterocycles. The van der Waals surface area contributed by atoms with E-state index < -0.39 is 16.7 Å². The largest absolute Gasteiger partial charge is 0.497 e. The SMILES string of the molecule is COc1cc(OC)cc(C(=O)NN=C(C)CC(=O)Nc2ccc(OC)c(C)c2[N+](=O)[O-])c1. The molecule has 0 saturated carbocycles. The van der Waals surface area contributed by atoms with Gasteiger partial charge in [-0.05, 0) is 38.1 Å². The molecule has 0 radical (unpaired) electrons. The number of hydrazone groups is 1. The lowest BCUT2D eigenvalue weighted by Crippen LogP contribution is -2.22. The average Bonchev–Trinajstić information content (AvgIpc) is 2.76. The Morgan fingerprint density at radius 2 is 1.69 bits per heavy atom. The molecular weight excluding hydrogens is 420 g/mol. The molecule has 2 amide bonds. The number of nitrogens with zero attached hydrogens (tertiary/aromatic N) is 2. The normalized spacial score (nSPS) is 10.8. The van der Waals surface area contributed by atoms with E-state index in [1.165, 1.54) is 52.5 Å². The van der Waals surface area contributed by atoms with Crippen molar-refractivity contribution in [3.8, 4) is 17.2 Å². The van der Waals surface area contributed by atoms with Gasteiger partial charge in [-0.1, -0.05) is 0 Å². The molecule has 0 heterocycles. The van der Waals surface area contributed by atoms with E-state index in [2.05, 4.69) is 15.8 Å². The van der Waals surface area contributed by atoms with Gasteiger partial charge < -0.3 is 19.5 Å². The first-order valence-corrected chi connectivity index (χ1v) is 9.38. The van der Waals surface area contributed by atoms with E-state index in [0.29, 0.717) is 28.5 Å². The van der Waals surface area contributed by atoms with Crippen LogP contribution in [0.15, 0.2) is 35.4 Å². The molecule has 11 nitrogen and oxygen atoms in total. The Morgan fingerprint density at radius 3 is 2.22 bits per heavy atom. The summed E-state index contributed by atoms with van der Waals surface area (Å²) in [5, 5.41) is 17.8.